The first-order valence-electron chi connectivity index (χ1n) is 7.45. The lowest BCUT2D eigenvalue weighted by Crippen LogP contribution is -2.33. The fourth-order valence-electron chi connectivity index (χ4n) is 3.04. The third kappa shape index (κ3) is 2.18. The lowest BCUT2D eigenvalue weighted by atomic mass is 9.85. The van der Waals surface area contributed by atoms with E-state index >= 15 is 0 Å². The molecular weight excluding hydrogens is 344 g/mol. The summed E-state index contributed by atoms with van der Waals surface area (Å²) in [5.41, 5.74) is 4.96. The Balaban J connectivity index is 2.01. The summed E-state index contributed by atoms with van der Waals surface area (Å²) in [5, 5.41) is 9.54. The SMILES string of the molecule is COc1cc(C2C(C#N)=C(N)Oc3[nH]c(=O)[nH]c(=O)c32)cc2c1OCO2. The number of methoxy groups -OCH3 is 1. The molecule has 132 valence electrons. The highest BCUT2D eigenvalue weighted by molar-refractivity contribution is 5.60. The number of ether oxygens (including phenoxy) is 4. The van der Waals surface area contributed by atoms with Crippen LogP contribution in [0, 0.1) is 11.3 Å². The van der Waals surface area contributed by atoms with Crippen molar-refractivity contribution in [1.29, 1.82) is 5.26 Å². The molecule has 0 amide bonds. The molecule has 2 aromatic rings. The Kier molecular flexibility index (Phi) is 3.37. The summed E-state index contributed by atoms with van der Waals surface area (Å²) in [6, 6.07) is 5.20. The average molecular weight is 356 g/mol. The second kappa shape index (κ2) is 5.59. The van der Waals surface area contributed by atoms with Gasteiger partial charge in [-0.3, -0.25) is 14.8 Å². The van der Waals surface area contributed by atoms with Crippen LogP contribution in [0.2, 0.25) is 0 Å². The minimum atomic E-state index is -0.882. The second-order valence-electron chi connectivity index (χ2n) is 5.53. The highest BCUT2D eigenvalue weighted by Crippen LogP contribution is 2.47. The number of aromatic amines is 2. The van der Waals surface area contributed by atoms with Gasteiger partial charge in [-0.15, -0.1) is 0 Å². The van der Waals surface area contributed by atoms with Crippen molar-refractivity contribution in [2.24, 2.45) is 5.73 Å². The summed E-state index contributed by atoms with van der Waals surface area (Å²) in [6.07, 6.45) is 0. The van der Waals surface area contributed by atoms with Crippen LogP contribution in [-0.2, 0) is 0 Å². The molecule has 3 heterocycles. The predicted octanol–water partition coefficient (Wildman–Crippen LogP) is 0.0187. The van der Waals surface area contributed by atoms with Gasteiger partial charge >= 0.3 is 5.69 Å². The molecule has 0 aliphatic carbocycles. The third-order valence-corrected chi connectivity index (χ3v) is 4.13. The van der Waals surface area contributed by atoms with Gasteiger partial charge in [0.25, 0.3) is 5.56 Å². The Morgan fingerprint density at radius 2 is 2.12 bits per heavy atom. The van der Waals surface area contributed by atoms with Crippen molar-refractivity contribution in [3.63, 3.8) is 0 Å². The number of allylic oxidation sites excluding steroid dienone is 1. The molecule has 26 heavy (non-hydrogen) atoms. The highest BCUT2D eigenvalue weighted by Gasteiger charge is 2.35. The number of H-pyrrole nitrogens is 2. The number of rotatable bonds is 2. The summed E-state index contributed by atoms with van der Waals surface area (Å²) in [5.74, 6) is 0.00532. The standard InChI is InChI=1S/C16H12N4O6/c1-23-8-2-6(3-9-12(8)25-5-24-9)10-7(4-17)13(18)26-15-11(10)14(21)19-16(22)20-15/h2-3,10H,5,18H2,1H3,(H2,19,20,21,22). The van der Waals surface area contributed by atoms with E-state index in [0.717, 1.165) is 0 Å². The first kappa shape index (κ1) is 15.6. The minimum absolute atomic E-state index is 0.0240. The molecule has 1 aromatic heterocycles. The van der Waals surface area contributed by atoms with Crippen LogP contribution in [0.5, 0.6) is 23.1 Å². The number of nitrogens with one attached hydrogen (secondary N) is 2. The van der Waals surface area contributed by atoms with Crippen LogP contribution in [0.1, 0.15) is 17.0 Å². The molecule has 0 radical (unpaired) electrons. The van der Waals surface area contributed by atoms with Crippen LogP contribution in [0.25, 0.3) is 0 Å². The molecule has 4 N–H and O–H groups in total. The molecule has 4 rings (SSSR count). The van der Waals surface area contributed by atoms with Crippen molar-refractivity contribution in [2.45, 2.75) is 5.92 Å². The van der Waals surface area contributed by atoms with Gasteiger partial charge in [0, 0.05) is 0 Å². The molecule has 10 nitrogen and oxygen atoms in total. The molecule has 2 aliphatic heterocycles. The monoisotopic (exact) mass is 356 g/mol. The van der Waals surface area contributed by atoms with Gasteiger partial charge in [0.1, 0.15) is 11.6 Å². The first-order valence-corrected chi connectivity index (χ1v) is 7.45. The molecule has 0 bridgehead atoms. The quantitative estimate of drug-likeness (QED) is 0.681. The van der Waals surface area contributed by atoms with E-state index in [-0.39, 0.29) is 29.7 Å². The van der Waals surface area contributed by atoms with Crippen molar-refractivity contribution in [3.05, 3.63) is 55.6 Å². The number of nitrogens with zero attached hydrogens (tertiary/aromatic N) is 1. The lowest BCUT2D eigenvalue weighted by molar-refractivity contribution is 0.171. The minimum Gasteiger partial charge on any atom is -0.493 e. The molecule has 0 fully saturated rings. The van der Waals surface area contributed by atoms with E-state index in [2.05, 4.69) is 9.97 Å². The molecule has 1 aromatic carbocycles. The van der Waals surface area contributed by atoms with Crippen LogP contribution < -0.4 is 35.9 Å². The molecule has 0 saturated carbocycles. The summed E-state index contributed by atoms with van der Waals surface area (Å²) in [4.78, 5) is 28.5. The Morgan fingerprint density at radius 3 is 2.85 bits per heavy atom. The van der Waals surface area contributed by atoms with Crippen LogP contribution in [-0.4, -0.2) is 23.9 Å². The Labute approximate surface area is 145 Å². The van der Waals surface area contributed by atoms with Crippen molar-refractivity contribution in [2.75, 3.05) is 13.9 Å². The number of hydrogen-bond acceptors (Lipinski definition) is 8. The molecule has 0 saturated heterocycles. The maximum absolute atomic E-state index is 12.4. The van der Waals surface area contributed by atoms with Crippen LogP contribution >= 0.6 is 0 Å². The van der Waals surface area contributed by atoms with Gasteiger partial charge in [0.15, 0.2) is 11.5 Å². The van der Waals surface area contributed by atoms with E-state index in [1.807, 2.05) is 6.07 Å². The van der Waals surface area contributed by atoms with Crippen molar-refractivity contribution >= 4 is 0 Å². The van der Waals surface area contributed by atoms with Gasteiger partial charge < -0.3 is 24.7 Å². The Bertz CT molecular complexity index is 1110. The van der Waals surface area contributed by atoms with Crippen LogP contribution in [0.4, 0.5) is 0 Å². The van der Waals surface area contributed by atoms with E-state index in [4.69, 9.17) is 24.7 Å². The summed E-state index contributed by atoms with van der Waals surface area (Å²) >= 11 is 0. The summed E-state index contributed by atoms with van der Waals surface area (Å²) in [7, 11) is 1.46. The van der Waals surface area contributed by atoms with E-state index in [9.17, 15) is 14.9 Å². The van der Waals surface area contributed by atoms with Crippen molar-refractivity contribution in [3.8, 4) is 29.2 Å². The van der Waals surface area contributed by atoms with Gasteiger partial charge in [-0.1, -0.05) is 0 Å². The average Bonchev–Trinajstić information content (AvgIpc) is 3.07. The van der Waals surface area contributed by atoms with Crippen molar-refractivity contribution in [1.82, 2.24) is 9.97 Å². The van der Waals surface area contributed by atoms with Gasteiger partial charge in [0.2, 0.25) is 24.3 Å². The normalized spacial score (nSPS) is 17.3. The number of aromatic nitrogens is 2. The predicted molar refractivity (Wildman–Crippen MR) is 86.1 cm³/mol. The number of benzene rings is 1. The van der Waals surface area contributed by atoms with Gasteiger partial charge in [0.05, 0.1) is 18.6 Å². The Morgan fingerprint density at radius 1 is 1.31 bits per heavy atom. The van der Waals surface area contributed by atoms with E-state index in [1.54, 1.807) is 12.1 Å². The number of nitrogens with two attached hydrogens (primary N) is 1. The largest absolute Gasteiger partial charge is 0.493 e. The summed E-state index contributed by atoms with van der Waals surface area (Å²) in [6.45, 7) is 0.0243. The maximum atomic E-state index is 12.4. The van der Waals surface area contributed by atoms with Crippen molar-refractivity contribution < 1.29 is 18.9 Å². The Hall–Kier alpha value is -3.87. The zero-order valence-electron chi connectivity index (χ0n) is 13.4. The van der Waals surface area contributed by atoms with E-state index in [0.29, 0.717) is 22.8 Å². The highest BCUT2D eigenvalue weighted by atomic mass is 16.7. The third-order valence-electron chi connectivity index (χ3n) is 4.13. The van der Waals surface area contributed by atoms with Crippen LogP contribution in [0.15, 0.2) is 33.2 Å². The maximum Gasteiger partial charge on any atom is 0.328 e. The molecule has 0 spiro atoms. The fraction of sp³-hybridized carbons (Fsp3) is 0.188. The number of nitriles is 1. The zero-order valence-corrected chi connectivity index (χ0v) is 13.4. The first-order chi connectivity index (χ1) is 12.5. The van der Waals surface area contributed by atoms with E-state index in [1.165, 1.54) is 7.11 Å². The van der Waals surface area contributed by atoms with Gasteiger partial charge in [-0.05, 0) is 17.7 Å². The molecular formula is C16H12N4O6. The van der Waals surface area contributed by atoms with Gasteiger partial charge in [-0.2, -0.15) is 5.26 Å². The second-order valence-corrected chi connectivity index (χ2v) is 5.53. The number of hydrogen-bond donors (Lipinski definition) is 3. The zero-order chi connectivity index (χ0) is 18.4. The number of fused-ring (bicyclic) bond motifs is 2. The molecule has 10 heteroatoms. The molecule has 1 atom stereocenters. The molecule has 1 unspecified atom stereocenters. The molecule has 2 aliphatic rings. The topological polar surface area (TPSA) is 152 Å². The van der Waals surface area contributed by atoms with Crippen LogP contribution in [0.3, 0.4) is 0 Å². The van der Waals surface area contributed by atoms with Gasteiger partial charge in [-0.25, -0.2) is 4.79 Å². The summed E-state index contributed by atoms with van der Waals surface area (Å²) < 4.78 is 21.3. The fourth-order valence-corrected chi connectivity index (χ4v) is 3.04. The lowest BCUT2D eigenvalue weighted by Gasteiger charge is -2.25. The smallest absolute Gasteiger partial charge is 0.328 e. The van der Waals surface area contributed by atoms with E-state index < -0.39 is 17.2 Å².